The van der Waals surface area contributed by atoms with E-state index in [0.29, 0.717) is 18.5 Å². The third kappa shape index (κ3) is 5.47. The maximum Gasteiger partial charge on any atom is 0.251 e. The standard InChI is InChI=1S/C29H39N5O4S/c1-6-29(3,4)25(27(37)34-15-18(2)24-23(34)22(35)16-38-24)31-26(36)20-9-7-19(8-10-20)21-17-39-28(30-21)33-13-11-32(5)12-14-33/h7-10,17-18,23-25H,6,11-16H2,1-5H3,(H,31,36)/t18-,23-,24-,25?/m1/s1. The highest BCUT2D eigenvalue weighted by Gasteiger charge is 2.53. The van der Waals surface area contributed by atoms with Crippen molar-refractivity contribution in [3.05, 3.63) is 35.2 Å². The Morgan fingerprint density at radius 3 is 2.54 bits per heavy atom. The van der Waals surface area contributed by atoms with E-state index in [1.165, 1.54) is 0 Å². The number of aromatic nitrogens is 1. The van der Waals surface area contributed by atoms with E-state index < -0.39 is 17.5 Å². The third-order valence-corrected chi connectivity index (χ3v) is 9.55. The molecule has 1 aromatic heterocycles. The summed E-state index contributed by atoms with van der Waals surface area (Å²) in [6, 6.07) is 6.04. The average Bonchev–Trinajstić information content (AvgIpc) is 3.65. The molecule has 39 heavy (non-hydrogen) atoms. The molecule has 1 aromatic carbocycles. The minimum atomic E-state index is -0.765. The van der Waals surface area contributed by atoms with Gasteiger partial charge in [-0.2, -0.15) is 0 Å². The molecule has 0 radical (unpaired) electrons. The summed E-state index contributed by atoms with van der Waals surface area (Å²) in [5, 5.41) is 6.09. The summed E-state index contributed by atoms with van der Waals surface area (Å²) in [6.07, 6.45) is 0.418. The summed E-state index contributed by atoms with van der Waals surface area (Å²) >= 11 is 1.64. The van der Waals surface area contributed by atoms with E-state index in [1.54, 1.807) is 28.4 Å². The minimum Gasteiger partial charge on any atom is -0.367 e. The van der Waals surface area contributed by atoms with Crippen molar-refractivity contribution in [2.45, 2.75) is 52.3 Å². The first kappa shape index (κ1) is 27.7. The second kappa shape index (κ2) is 11.0. The van der Waals surface area contributed by atoms with Gasteiger partial charge in [-0.15, -0.1) is 11.3 Å². The Hall–Kier alpha value is -2.82. The first-order chi connectivity index (χ1) is 18.6. The molecular weight excluding hydrogens is 514 g/mol. The maximum atomic E-state index is 13.8. The lowest BCUT2D eigenvalue weighted by Crippen LogP contribution is -2.57. The number of hydrogen-bond donors (Lipinski definition) is 1. The largest absolute Gasteiger partial charge is 0.367 e. The van der Waals surface area contributed by atoms with Gasteiger partial charge in [-0.05, 0) is 31.0 Å². The van der Waals surface area contributed by atoms with Crippen molar-refractivity contribution >= 4 is 34.1 Å². The average molecular weight is 554 g/mol. The molecular formula is C29H39N5O4S. The number of benzene rings is 1. The van der Waals surface area contributed by atoms with E-state index in [4.69, 9.17) is 9.72 Å². The molecule has 0 bridgehead atoms. The highest BCUT2D eigenvalue weighted by molar-refractivity contribution is 7.14. The molecule has 10 heteroatoms. The van der Waals surface area contributed by atoms with Crippen LogP contribution in [0.1, 0.15) is 44.5 Å². The van der Waals surface area contributed by atoms with Crippen molar-refractivity contribution in [2.24, 2.45) is 11.3 Å². The van der Waals surface area contributed by atoms with Crippen LogP contribution in [0.3, 0.4) is 0 Å². The number of ketones is 1. The Bertz CT molecular complexity index is 1220. The number of ether oxygens (including phenoxy) is 1. The smallest absolute Gasteiger partial charge is 0.251 e. The van der Waals surface area contributed by atoms with Gasteiger partial charge in [0.15, 0.2) is 10.9 Å². The zero-order valence-electron chi connectivity index (χ0n) is 23.5. The first-order valence-corrected chi connectivity index (χ1v) is 14.7. The summed E-state index contributed by atoms with van der Waals surface area (Å²) in [5.41, 5.74) is 1.81. The Labute approximate surface area is 234 Å². The lowest BCUT2D eigenvalue weighted by molar-refractivity contribution is -0.140. The molecule has 0 saturated carbocycles. The topological polar surface area (TPSA) is 95.1 Å². The van der Waals surface area contributed by atoms with Crippen LogP contribution in [0.2, 0.25) is 0 Å². The number of thiazole rings is 1. The Morgan fingerprint density at radius 1 is 1.18 bits per heavy atom. The van der Waals surface area contributed by atoms with E-state index in [1.807, 2.05) is 39.8 Å². The van der Waals surface area contributed by atoms with Crippen molar-refractivity contribution in [2.75, 3.05) is 51.3 Å². The van der Waals surface area contributed by atoms with Crippen LogP contribution in [-0.4, -0.2) is 96.9 Å². The van der Waals surface area contributed by atoms with E-state index in [0.717, 1.165) is 42.6 Å². The van der Waals surface area contributed by atoms with Crippen LogP contribution in [0.25, 0.3) is 11.3 Å². The predicted octanol–water partition coefficient (Wildman–Crippen LogP) is 2.91. The van der Waals surface area contributed by atoms with Gasteiger partial charge in [0.1, 0.15) is 18.7 Å². The summed E-state index contributed by atoms with van der Waals surface area (Å²) in [4.78, 5) is 50.9. The fourth-order valence-electron chi connectivity index (χ4n) is 5.63. The highest BCUT2D eigenvalue weighted by Crippen LogP contribution is 2.35. The summed E-state index contributed by atoms with van der Waals surface area (Å²) < 4.78 is 5.67. The number of nitrogens with one attached hydrogen (secondary N) is 1. The van der Waals surface area contributed by atoms with Gasteiger partial charge in [-0.3, -0.25) is 14.4 Å². The number of hydrogen-bond acceptors (Lipinski definition) is 8. The van der Waals surface area contributed by atoms with Gasteiger partial charge in [0, 0.05) is 55.1 Å². The molecule has 2 amide bonds. The number of Topliss-reactive ketones (excluding diaryl/α,β-unsaturated/α-hetero) is 1. The monoisotopic (exact) mass is 553 g/mol. The zero-order chi connectivity index (χ0) is 27.9. The Morgan fingerprint density at radius 2 is 1.87 bits per heavy atom. The number of amides is 2. The molecule has 5 rings (SSSR count). The highest BCUT2D eigenvalue weighted by atomic mass is 32.1. The first-order valence-electron chi connectivity index (χ1n) is 13.8. The molecule has 3 aliphatic rings. The number of nitrogens with zero attached hydrogens (tertiary/aromatic N) is 4. The van der Waals surface area contributed by atoms with Gasteiger partial charge in [0.2, 0.25) is 5.91 Å². The van der Waals surface area contributed by atoms with Crippen LogP contribution >= 0.6 is 11.3 Å². The zero-order valence-corrected chi connectivity index (χ0v) is 24.3. The Kier molecular flexibility index (Phi) is 7.81. The van der Waals surface area contributed by atoms with Crippen molar-refractivity contribution < 1.29 is 19.1 Å². The number of rotatable bonds is 7. The van der Waals surface area contributed by atoms with Gasteiger partial charge < -0.3 is 24.8 Å². The van der Waals surface area contributed by atoms with E-state index in [-0.39, 0.29) is 36.2 Å². The van der Waals surface area contributed by atoms with Crippen LogP contribution in [0, 0.1) is 11.3 Å². The molecule has 9 nitrogen and oxygen atoms in total. The van der Waals surface area contributed by atoms with Crippen LogP contribution in [0.4, 0.5) is 5.13 Å². The molecule has 2 aromatic rings. The molecule has 3 fully saturated rings. The quantitative estimate of drug-likeness (QED) is 0.563. The van der Waals surface area contributed by atoms with Crippen LogP contribution in [-0.2, 0) is 14.3 Å². The fraction of sp³-hybridized carbons (Fsp3) is 0.586. The van der Waals surface area contributed by atoms with Crippen molar-refractivity contribution in [1.29, 1.82) is 0 Å². The van der Waals surface area contributed by atoms with Crippen molar-refractivity contribution in [3.63, 3.8) is 0 Å². The molecule has 0 spiro atoms. The van der Waals surface area contributed by atoms with Crippen LogP contribution in [0.5, 0.6) is 0 Å². The number of fused-ring (bicyclic) bond motifs is 1. The molecule has 3 saturated heterocycles. The SMILES string of the molecule is CCC(C)(C)C(NC(=O)c1ccc(-c2csc(N3CCN(C)CC3)n2)cc1)C(=O)N1C[C@@H](C)[C@H]2OCC(=O)[C@H]21. The molecule has 4 heterocycles. The lowest BCUT2D eigenvalue weighted by Gasteiger charge is -2.36. The minimum absolute atomic E-state index is 0.0415. The number of piperazine rings is 1. The molecule has 210 valence electrons. The summed E-state index contributed by atoms with van der Waals surface area (Å²) in [7, 11) is 2.14. The number of likely N-dealkylation sites (N-methyl/N-ethyl adjacent to an activating group) is 1. The van der Waals surface area contributed by atoms with Crippen molar-refractivity contribution in [1.82, 2.24) is 20.1 Å². The number of carbonyl (C=O) groups excluding carboxylic acids is 3. The summed E-state index contributed by atoms with van der Waals surface area (Å²) in [6.45, 7) is 12.4. The maximum absolute atomic E-state index is 13.8. The second-order valence-electron chi connectivity index (χ2n) is 11.8. The van der Waals surface area contributed by atoms with E-state index in [2.05, 4.69) is 27.5 Å². The van der Waals surface area contributed by atoms with E-state index in [9.17, 15) is 14.4 Å². The fourth-order valence-corrected chi connectivity index (χ4v) is 6.52. The molecule has 1 unspecified atom stereocenters. The third-order valence-electron chi connectivity index (χ3n) is 8.65. The van der Waals surface area contributed by atoms with Crippen molar-refractivity contribution in [3.8, 4) is 11.3 Å². The predicted molar refractivity (Wildman–Crippen MR) is 152 cm³/mol. The van der Waals surface area contributed by atoms with Gasteiger partial charge in [0.25, 0.3) is 5.91 Å². The summed E-state index contributed by atoms with van der Waals surface area (Å²) in [5.74, 6) is -0.522. The van der Waals surface area contributed by atoms with Gasteiger partial charge in [-0.1, -0.05) is 39.8 Å². The van der Waals surface area contributed by atoms with E-state index >= 15 is 0 Å². The molecule has 1 N–H and O–H groups in total. The van der Waals surface area contributed by atoms with Crippen LogP contribution < -0.4 is 10.2 Å². The second-order valence-corrected chi connectivity index (χ2v) is 12.6. The molecule has 0 aliphatic carbocycles. The molecule has 3 aliphatic heterocycles. The normalized spacial score (nSPS) is 24.6. The molecule has 4 atom stereocenters. The van der Waals surface area contributed by atoms with Gasteiger partial charge in [0.05, 0.1) is 11.8 Å². The number of carbonyl (C=O) groups is 3. The number of likely N-dealkylation sites (tertiary alicyclic amines) is 1. The lowest BCUT2D eigenvalue weighted by atomic mass is 9.80. The Balaban J connectivity index is 1.29. The van der Waals surface area contributed by atoms with Gasteiger partial charge in [-0.25, -0.2) is 4.98 Å². The van der Waals surface area contributed by atoms with Crippen LogP contribution in [0.15, 0.2) is 29.6 Å². The number of anilines is 1. The van der Waals surface area contributed by atoms with Gasteiger partial charge >= 0.3 is 0 Å².